The van der Waals surface area contributed by atoms with E-state index < -0.39 is 0 Å². The molecule has 0 aromatic carbocycles. The topological polar surface area (TPSA) is 37.8 Å². The van der Waals surface area contributed by atoms with Crippen LogP contribution in [0.25, 0.3) is 0 Å². The minimum Gasteiger partial charge on any atom is -0.316 e. The summed E-state index contributed by atoms with van der Waals surface area (Å²) in [4.78, 5) is 7.89. The molecule has 0 unspecified atom stereocenters. The quantitative estimate of drug-likeness (QED) is 0.662. The third-order valence-electron chi connectivity index (χ3n) is 1.63. The van der Waals surface area contributed by atoms with Gasteiger partial charge in [-0.05, 0) is 31.5 Å². The van der Waals surface area contributed by atoms with E-state index in [-0.39, 0.29) is 0 Å². The van der Waals surface area contributed by atoms with Crippen LogP contribution in [0.5, 0.6) is 0 Å². The first-order valence-electron chi connectivity index (χ1n) is 4.38. The first kappa shape index (κ1) is 9.13. The van der Waals surface area contributed by atoms with Gasteiger partial charge >= 0.3 is 0 Å². The predicted octanol–water partition coefficient (Wildman–Crippen LogP) is 1.02. The maximum atomic E-state index is 3.94. The van der Waals surface area contributed by atoms with Crippen LogP contribution < -0.4 is 5.32 Å². The van der Waals surface area contributed by atoms with E-state index >= 15 is 0 Å². The highest BCUT2D eigenvalue weighted by atomic mass is 14.8. The van der Waals surface area contributed by atoms with Gasteiger partial charge in [0.2, 0.25) is 0 Å². The molecule has 0 aliphatic heterocycles. The summed E-state index contributed by atoms with van der Waals surface area (Å²) in [6.07, 6.45) is 7.48. The van der Waals surface area contributed by atoms with E-state index in [0.29, 0.717) is 0 Å². The molecule has 1 aromatic rings. The van der Waals surface area contributed by atoms with Crippen LogP contribution in [-0.4, -0.2) is 23.1 Å². The van der Waals surface area contributed by atoms with Gasteiger partial charge in [-0.25, -0.2) is 9.97 Å². The molecule has 66 valence electrons. The minimum atomic E-state index is 1.01. The van der Waals surface area contributed by atoms with Gasteiger partial charge < -0.3 is 5.32 Å². The number of nitrogens with zero attached hydrogens (tertiary/aromatic N) is 2. The number of hydrogen-bond donors (Lipinski definition) is 1. The highest BCUT2D eigenvalue weighted by Crippen LogP contribution is 1.92. The molecule has 1 heterocycles. The summed E-state index contributed by atoms with van der Waals surface area (Å²) in [5.41, 5.74) is 1.20. The Hall–Kier alpha value is -0.960. The summed E-state index contributed by atoms with van der Waals surface area (Å²) in [5, 5.41) is 3.33. The van der Waals surface area contributed by atoms with Gasteiger partial charge in [-0.1, -0.05) is 6.92 Å². The molecule has 0 radical (unpaired) electrons. The Bertz CT molecular complexity index is 198. The van der Waals surface area contributed by atoms with Crippen molar-refractivity contribution in [2.45, 2.75) is 19.8 Å². The molecule has 0 saturated carbocycles. The Morgan fingerprint density at radius 1 is 1.25 bits per heavy atom. The number of aromatic nitrogens is 2. The Kier molecular flexibility index (Phi) is 4.31. The lowest BCUT2D eigenvalue weighted by Gasteiger charge is -2.01. The van der Waals surface area contributed by atoms with E-state index in [1.54, 1.807) is 6.33 Å². The molecule has 1 N–H and O–H groups in total. The second kappa shape index (κ2) is 5.66. The van der Waals surface area contributed by atoms with Crippen LogP contribution in [0.15, 0.2) is 18.7 Å². The molecule has 0 aliphatic carbocycles. The molecule has 1 rings (SSSR count). The van der Waals surface area contributed by atoms with Crippen LogP contribution in [0, 0.1) is 0 Å². The fraction of sp³-hybridized carbons (Fsp3) is 0.556. The van der Waals surface area contributed by atoms with Crippen molar-refractivity contribution in [2.75, 3.05) is 13.1 Å². The SMILES string of the molecule is CCCNCCc1cncnc1. The third-order valence-corrected chi connectivity index (χ3v) is 1.63. The molecule has 0 aliphatic rings. The van der Waals surface area contributed by atoms with Gasteiger partial charge in [-0.15, -0.1) is 0 Å². The monoisotopic (exact) mass is 165 g/mol. The van der Waals surface area contributed by atoms with Gasteiger partial charge in [0.05, 0.1) is 0 Å². The Labute approximate surface area is 73.2 Å². The lowest BCUT2D eigenvalue weighted by molar-refractivity contribution is 0.669. The average molecular weight is 165 g/mol. The number of nitrogens with one attached hydrogen (secondary N) is 1. The van der Waals surface area contributed by atoms with Crippen molar-refractivity contribution in [3.63, 3.8) is 0 Å². The van der Waals surface area contributed by atoms with Crippen molar-refractivity contribution < 1.29 is 0 Å². The summed E-state index contributed by atoms with van der Waals surface area (Å²) in [6, 6.07) is 0. The molecule has 1 aromatic heterocycles. The number of rotatable bonds is 5. The maximum Gasteiger partial charge on any atom is 0.115 e. The second-order valence-corrected chi connectivity index (χ2v) is 2.75. The zero-order valence-electron chi connectivity index (χ0n) is 7.45. The first-order valence-corrected chi connectivity index (χ1v) is 4.38. The highest BCUT2D eigenvalue weighted by molar-refractivity contribution is 5.02. The summed E-state index contributed by atoms with van der Waals surface area (Å²) in [6.45, 7) is 4.27. The fourth-order valence-electron chi connectivity index (χ4n) is 0.994. The summed E-state index contributed by atoms with van der Waals surface area (Å²) < 4.78 is 0. The van der Waals surface area contributed by atoms with Crippen LogP contribution in [-0.2, 0) is 6.42 Å². The normalized spacial score (nSPS) is 10.1. The van der Waals surface area contributed by atoms with Gasteiger partial charge in [0, 0.05) is 12.4 Å². The Morgan fingerprint density at radius 2 is 2.00 bits per heavy atom. The van der Waals surface area contributed by atoms with Crippen LogP contribution in [0.3, 0.4) is 0 Å². The van der Waals surface area contributed by atoms with Crippen molar-refractivity contribution >= 4 is 0 Å². The summed E-state index contributed by atoms with van der Waals surface area (Å²) in [7, 11) is 0. The van der Waals surface area contributed by atoms with Crippen LogP contribution in [0.4, 0.5) is 0 Å². The molecule has 12 heavy (non-hydrogen) atoms. The summed E-state index contributed by atoms with van der Waals surface area (Å²) in [5.74, 6) is 0. The standard InChI is InChI=1S/C9H15N3/c1-2-4-10-5-3-9-6-11-8-12-7-9/h6-8,10H,2-5H2,1H3. The molecule has 3 heteroatoms. The third kappa shape index (κ3) is 3.44. The fourth-order valence-corrected chi connectivity index (χ4v) is 0.994. The van der Waals surface area contributed by atoms with Crippen molar-refractivity contribution in [1.82, 2.24) is 15.3 Å². The van der Waals surface area contributed by atoms with Gasteiger partial charge in [-0.3, -0.25) is 0 Å². The lowest BCUT2D eigenvalue weighted by atomic mass is 10.2. The maximum absolute atomic E-state index is 3.94. The van der Waals surface area contributed by atoms with E-state index in [9.17, 15) is 0 Å². The largest absolute Gasteiger partial charge is 0.316 e. The Morgan fingerprint density at radius 3 is 2.67 bits per heavy atom. The molecule has 0 fully saturated rings. The lowest BCUT2D eigenvalue weighted by Crippen LogP contribution is -2.17. The summed E-state index contributed by atoms with van der Waals surface area (Å²) >= 11 is 0. The van der Waals surface area contributed by atoms with E-state index in [1.807, 2.05) is 12.4 Å². The molecule has 0 saturated heterocycles. The van der Waals surface area contributed by atoms with Crippen molar-refractivity contribution in [1.29, 1.82) is 0 Å². The van der Waals surface area contributed by atoms with E-state index in [1.165, 1.54) is 12.0 Å². The smallest absolute Gasteiger partial charge is 0.115 e. The zero-order chi connectivity index (χ0) is 8.65. The van der Waals surface area contributed by atoms with E-state index in [0.717, 1.165) is 19.5 Å². The van der Waals surface area contributed by atoms with Crippen LogP contribution >= 0.6 is 0 Å². The molecule has 0 amide bonds. The van der Waals surface area contributed by atoms with Crippen molar-refractivity contribution in [2.24, 2.45) is 0 Å². The molecular formula is C9H15N3. The minimum absolute atomic E-state index is 1.01. The van der Waals surface area contributed by atoms with E-state index in [2.05, 4.69) is 22.2 Å². The molecule has 3 nitrogen and oxygen atoms in total. The molecule has 0 bridgehead atoms. The molecular weight excluding hydrogens is 150 g/mol. The number of hydrogen-bond acceptors (Lipinski definition) is 3. The average Bonchev–Trinajstić information content (AvgIpc) is 2.14. The van der Waals surface area contributed by atoms with Gasteiger partial charge in [-0.2, -0.15) is 0 Å². The van der Waals surface area contributed by atoms with Gasteiger partial charge in [0.1, 0.15) is 6.33 Å². The molecule has 0 spiro atoms. The second-order valence-electron chi connectivity index (χ2n) is 2.75. The predicted molar refractivity (Wildman–Crippen MR) is 48.9 cm³/mol. The van der Waals surface area contributed by atoms with Crippen molar-refractivity contribution in [3.8, 4) is 0 Å². The van der Waals surface area contributed by atoms with Gasteiger partial charge in [0.25, 0.3) is 0 Å². The highest BCUT2D eigenvalue weighted by Gasteiger charge is 1.90. The first-order chi connectivity index (χ1) is 5.93. The van der Waals surface area contributed by atoms with Crippen LogP contribution in [0.2, 0.25) is 0 Å². The van der Waals surface area contributed by atoms with E-state index in [4.69, 9.17) is 0 Å². The van der Waals surface area contributed by atoms with Crippen LogP contribution in [0.1, 0.15) is 18.9 Å². The molecule has 0 atom stereocenters. The van der Waals surface area contributed by atoms with Gasteiger partial charge in [0.15, 0.2) is 0 Å². The van der Waals surface area contributed by atoms with Crippen molar-refractivity contribution in [3.05, 3.63) is 24.3 Å². The zero-order valence-corrected chi connectivity index (χ0v) is 7.45. The Balaban J connectivity index is 2.16.